The maximum Gasteiger partial charge on any atom is 0.446 e. The molecule has 36 heavy (non-hydrogen) atoms. The molecule has 0 bridgehead atoms. The molecule has 9 nitrogen and oxygen atoms in total. The van der Waals surface area contributed by atoms with Gasteiger partial charge < -0.3 is 15.5 Å². The minimum atomic E-state index is -4.64. The lowest BCUT2D eigenvalue weighted by Crippen LogP contribution is -2.59. The van der Waals surface area contributed by atoms with Crippen molar-refractivity contribution in [3.8, 4) is 0 Å². The van der Waals surface area contributed by atoms with Crippen LogP contribution >= 0.6 is 0 Å². The average molecular weight is 514 g/mol. The molecule has 4 amide bonds. The number of likely N-dealkylation sites (tertiary alicyclic amines) is 1. The Balaban J connectivity index is 0.000000678. The second-order valence-electron chi connectivity index (χ2n) is 9.92. The summed E-state index contributed by atoms with van der Waals surface area (Å²) >= 11 is 0. The van der Waals surface area contributed by atoms with Crippen molar-refractivity contribution >= 4 is 24.1 Å². The number of urea groups is 1. The van der Waals surface area contributed by atoms with Crippen LogP contribution in [0.15, 0.2) is 24.3 Å². The van der Waals surface area contributed by atoms with E-state index in [4.69, 9.17) is 10.6 Å². The standard InChI is InChI=1S/C22H33N5O3.C2HF3O/c1-22(2,3)18(25-21(30)26-23)20(29)27-13-7-12-17(27)19(28)24-16-11-6-9-14-8-4-5-10-15(14)16;3-2(4,5)1-6/h4-5,8,10,16-18H,6-7,9,11-13,23H2,1-3H3,(H,24,28)(H2,25,26,30);1H/t16-,17+,18?;/m1./s1. The minimum Gasteiger partial charge on any atom is -0.347 e. The van der Waals surface area contributed by atoms with E-state index in [1.54, 1.807) is 4.90 Å². The van der Waals surface area contributed by atoms with E-state index in [0.717, 1.165) is 25.7 Å². The first-order valence-electron chi connectivity index (χ1n) is 11.8. The number of hydrogen-bond donors (Lipinski definition) is 4. The number of hydrogen-bond acceptors (Lipinski definition) is 5. The molecular formula is C24H34F3N5O4. The molecule has 1 saturated heterocycles. The Bertz CT molecular complexity index is 948. The summed E-state index contributed by atoms with van der Waals surface area (Å²) in [7, 11) is 0. The zero-order valence-electron chi connectivity index (χ0n) is 20.7. The molecule has 1 aromatic rings. The van der Waals surface area contributed by atoms with Gasteiger partial charge in [-0.15, -0.1) is 0 Å². The van der Waals surface area contributed by atoms with E-state index >= 15 is 0 Å². The molecule has 1 heterocycles. The highest BCUT2D eigenvalue weighted by Gasteiger charge is 2.42. The molecule has 0 saturated carbocycles. The Hall–Kier alpha value is -3.15. The maximum absolute atomic E-state index is 13.3. The molecule has 1 aromatic carbocycles. The lowest BCUT2D eigenvalue weighted by atomic mass is 9.85. The molecule has 5 N–H and O–H groups in total. The van der Waals surface area contributed by atoms with Crippen LogP contribution in [0.4, 0.5) is 18.0 Å². The number of carbonyl (C=O) groups excluding carboxylic acids is 4. The fraction of sp³-hybridized carbons (Fsp3) is 0.583. The van der Waals surface area contributed by atoms with Crippen molar-refractivity contribution in [3.05, 3.63) is 35.4 Å². The van der Waals surface area contributed by atoms with Crippen LogP contribution in [-0.4, -0.2) is 53.8 Å². The SMILES string of the molecule is CC(C)(C)C(NC(=O)NN)C(=O)N1CCC[C@H]1C(=O)N[C@@H]1CCCc2ccccc21.O=CC(F)(F)F. The van der Waals surface area contributed by atoms with Gasteiger partial charge in [0, 0.05) is 6.54 Å². The van der Waals surface area contributed by atoms with E-state index in [9.17, 15) is 27.6 Å². The summed E-state index contributed by atoms with van der Waals surface area (Å²) in [6, 6.07) is 6.24. The molecule has 1 aliphatic carbocycles. The predicted molar refractivity (Wildman–Crippen MR) is 126 cm³/mol. The quantitative estimate of drug-likeness (QED) is 0.213. The van der Waals surface area contributed by atoms with Crippen molar-refractivity contribution in [3.63, 3.8) is 0 Å². The molecule has 3 atom stereocenters. The summed E-state index contributed by atoms with van der Waals surface area (Å²) in [5.41, 5.74) is 3.92. The first kappa shape index (κ1) is 29.1. The fourth-order valence-corrected chi connectivity index (χ4v) is 4.46. The van der Waals surface area contributed by atoms with Gasteiger partial charge in [0.25, 0.3) is 0 Å². The molecule has 12 heteroatoms. The normalized spacial score (nSPS) is 20.2. The van der Waals surface area contributed by atoms with Crippen molar-refractivity contribution in [1.82, 2.24) is 21.0 Å². The number of rotatable bonds is 4. The van der Waals surface area contributed by atoms with Crippen LogP contribution in [0.3, 0.4) is 0 Å². The van der Waals surface area contributed by atoms with Crippen molar-refractivity contribution in [1.29, 1.82) is 0 Å². The summed E-state index contributed by atoms with van der Waals surface area (Å²) in [5, 5.41) is 5.82. The summed E-state index contributed by atoms with van der Waals surface area (Å²) < 4.78 is 31.2. The van der Waals surface area contributed by atoms with Gasteiger partial charge in [-0.25, -0.2) is 10.6 Å². The van der Waals surface area contributed by atoms with E-state index < -0.39 is 36.0 Å². The van der Waals surface area contributed by atoms with E-state index in [2.05, 4.69) is 22.8 Å². The number of aryl methyl sites for hydroxylation is 1. The van der Waals surface area contributed by atoms with E-state index in [-0.39, 0.29) is 17.9 Å². The van der Waals surface area contributed by atoms with Crippen LogP contribution in [-0.2, 0) is 20.8 Å². The largest absolute Gasteiger partial charge is 0.446 e. The Labute approximate surface area is 208 Å². The van der Waals surface area contributed by atoms with Crippen LogP contribution in [0.2, 0.25) is 0 Å². The molecule has 3 rings (SSSR count). The second-order valence-corrected chi connectivity index (χ2v) is 9.92. The monoisotopic (exact) mass is 513 g/mol. The highest BCUT2D eigenvalue weighted by Crippen LogP contribution is 2.31. The van der Waals surface area contributed by atoms with Gasteiger partial charge in [-0.05, 0) is 48.6 Å². The number of fused-ring (bicyclic) bond motifs is 1. The number of carbonyl (C=O) groups is 4. The fourth-order valence-electron chi connectivity index (χ4n) is 4.46. The molecule has 2 aliphatic rings. The van der Waals surface area contributed by atoms with Gasteiger partial charge in [0.2, 0.25) is 18.1 Å². The Morgan fingerprint density at radius 3 is 2.33 bits per heavy atom. The third-order valence-electron chi connectivity index (χ3n) is 6.18. The molecule has 0 aromatic heterocycles. The van der Waals surface area contributed by atoms with Gasteiger partial charge in [-0.3, -0.25) is 19.8 Å². The third kappa shape index (κ3) is 7.94. The number of halogens is 3. The third-order valence-corrected chi connectivity index (χ3v) is 6.18. The smallest absolute Gasteiger partial charge is 0.347 e. The van der Waals surface area contributed by atoms with Gasteiger partial charge in [0.05, 0.1) is 6.04 Å². The molecule has 0 radical (unpaired) electrons. The first-order chi connectivity index (χ1) is 16.8. The van der Waals surface area contributed by atoms with Crippen molar-refractivity contribution < 1.29 is 32.3 Å². The van der Waals surface area contributed by atoms with Crippen molar-refractivity contribution in [2.24, 2.45) is 11.3 Å². The van der Waals surface area contributed by atoms with Gasteiger partial charge >= 0.3 is 12.2 Å². The highest BCUT2D eigenvalue weighted by molar-refractivity contribution is 5.93. The first-order valence-corrected chi connectivity index (χ1v) is 11.8. The number of nitrogens with one attached hydrogen (secondary N) is 3. The number of aldehydes is 1. The van der Waals surface area contributed by atoms with Crippen molar-refractivity contribution in [2.45, 2.75) is 77.2 Å². The van der Waals surface area contributed by atoms with Crippen LogP contribution in [0, 0.1) is 5.41 Å². The zero-order chi connectivity index (χ0) is 27.1. The van der Waals surface area contributed by atoms with E-state index in [1.807, 2.05) is 38.3 Å². The van der Waals surface area contributed by atoms with Crippen LogP contribution in [0.1, 0.15) is 63.6 Å². The summed E-state index contributed by atoms with van der Waals surface area (Å²) in [5.74, 6) is 4.80. The topological polar surface area (TPSA) is 134 Å². The Morgan fingerprint density at radius 1 is 1.11 bits per heavy atom. The maximum atomic E-state index is 13.3. The number of alkyl halides is 3. The molecule has 1 fully saturated rings. The molecule has 1 aliphatic heterocycles. The number of benzene rings is 1. The highest BCUT2D eigenvalue weighted by atomic mass is 19.4. The lowest BCUT2D eigenvalue weighted by Gasteiger charge is -2.36. The van der Waals surface area contributed by atoms with Gasteiger partial charge in [0.15, 0.2) is 0 Å². The van der Waals surface area contributed by atoms with Gasteiger partial charge in [-0.1, -0.05) is 45.0 Å². The van der Waals surface area contributed by atoms with Crippen molar-refractivity contribution in [2.75, 3.05) is 6.54 Å². The van der Waals surface area contributed by atoms with Gasteiger partial charge in [0.1, 0.15) is 12.1 Å². The molecule has 200 valence electrons. The average Bonchev–Trinajstić information content (AvgIpc) is 3.31. The van der Waals surface area contributed by atoms with E-state index in [1.165, 1.54) is 11.1 Å². The summed E-state index contributed by atoms with van der Waals surface area (Å²) in [4.78, 5) is 48.6. The van der Waals surface area contributed by atoms with E-state index in [0.29, 0.717) is 13.0 Å². The van der Waals surface area contributed by atoms with Crippen LogP contribution in [0.25, 0.3) is 0 Å². The summed E-state index contributed by atoms with van der Waals surface area (Å²) in [6.45, 7) is 6.11. The predicted octanol–water partition coefficient (Wildman–Crippen LogP) is 2.51. The summed E-state index contributed by atoms with van der Waals surface area (Å²) in [6.07, 6.45) is -1.38. The van der Waals surface area contributed by atoms with Crippen LogP contribution < -0.4 is 21.9 Å². The van der Waals surface area contributed by atoms with Gasteiger partial charge in [-0.2, -0.15) is 13.2 Å². The second kappa shape index (κ2) is 12.2. The Morgan fingerprint density at radius 2 is 1.75 bits per heavy atom. The molecular weight excluding hydrogens is 479 g/mol. The Kier molecular flexibility index (Phi) is 9.85. The number of hydrazine groups is 1. The zero-order valence-corrected chi connectivity index (χ0v) is 20.7. The molecule has 1 unspecified atom stereocenters. The number of amides is 4. The number of nitrogens with two attached hydrogens (primary N) is 1. The lowest BCUT2D eigenvalue weighted by molar-refractivity contribution is -0.156. The molecule has 0 spiro atoms. The number of nitrogens with zero attached hydrogens (tertiary/aromatic N) is 1. The van der Waals surface area contributed by atoms with Crippen LogP contribution in [0.5, 0.6) is 0 Å². The minimum absolute atomic E-state index is 0.0282.